The number of halogens is 1. The van der Waals surface area contributed by atoms with Crippen LogP contribution in [0.5, 0.6) is 0 Å². The predicted molar refractivity (Wildman–Crippen MR) is 91.9 cm³/mol. The zero-order valence-corrected chi connectivity index (χ0v) is 14.5. The van der Waals surface area contributed by atoms with Gasteiger partial charge in [0.1, 0.15) is 17.1 Å². The maximum Gasteiger partial charge on any atom is 0.266 e. The van der Waals surface area contributed by atoms with Crippen LogP contribution in [0.3, 0.4) is 0 Å². The van der Waals surface area contributed by atoms with Crippen LogP contribution in [0.25, 0.3) is 0 Å². The summed E-state index contributed by atoms with van der Waals surface area (Å²) in [7, 11) is 0. The van der Waals surface area contributed by atoms with Crippen LogP contribution in [-0.4, -0.2) is 17.9 Å². The molecule has 0 fully saturated rings. The molecule has 1 heterocycles. The highest BCUT2D eigenvalue weighted by atomic mass is 79.9. The third-order valence-corrected chi connectivity index (χ3v) is 4.46. The van der Waals surface area contributed by atoms with Crippen LogP contribution < -0.4 is 16.2 Å². The Kier molecular flexibility index (Phi) is 5.87. The standard InChI is InChI=1S/C15H13BrN4O2S/c1-9(13(21)18-15-10(8-17)6-7-23-15)19-20-14(22)11-4-2-3-5-12(11)16/h2-7,9,19H,1H3,(H,18,21)(H,20,22)/t9-/m0/s1. The molecule has 0 radical (unpaired) electrons. The first kappa shape index (κ1) is 17.1. The molecule has 3 N–H and O–H groups in total. The fourth-order valence-electron chi connectivity index (χ4n) is 1.67. The number of nitrogens with zero attached hydrogens (tertiary/aromatic N) is 1. The Morgan fingerprint density at radius 1 is 1.30 bits per heavy atom. The van der Waals surface area contributed by atoms with Gasteiger partial charge in [0, 0.05) is 4.47 Å². The van der Waals surface area contributed by atoms with E-state index in [1.807, 2.05) is 6.07 Å². The second-order valence-corrected chi connectivity index (χ2v) is 6.33. The van der Waals surface area contributed by atoms with E-state index in [1.165, 1.54) is 11.3 Å². The summed E-state index contributed by atoms with van der Waals surface area (Å²) in [5, 5.41) is 13.8. The van der Waals surface area contributed by atoms with Gasteiger partial charge in [-0.1, -0.05) is 12.1 Å². The molecule has 0 aliphatic rings. The summed E-state index contributed by atoms with van der Waals surface area (Å²) >= 11 is 4.56. The fourth-order valence-corrected chi connectivity index (χ4v) is 2.87. The monoisotopic (exact) mass is 392 g/mol. The highest BCUT2D eigenvalue weighted by Crippen LogP contribution is 2.22. The molecule has 0 saturated carbocycles. The maximum atomic E-state index is 12.1. The number of hydrazine groups is 1. The van der Waals surface area contributed by atoms with Gasteiger partial charge in [0.2, 0.25) is 5.91 Å². The van der Waals surface area contributed by atoms with Gasteiger partial charge in [-0.15, -0.1) is 11.3 Å². The molecular formula is C15H13BrN4O2S. The molecule has 23 heavy (non-hydrogen) atoms. The number of nitriles is 1. The van der Waals surface area contributed by atoms with Crippen LogP contribution in [0.1, 0.15) is 22.8 Å². The van der Waals surface area contributed by atoms with E-state index < -0.39 is 6.04 Å². The SMILES string of the molecule is C[C@H](NNC(=O)c1ccccc1Br)C(=O)Nc1sccc1C#N. The lowest BCUT2D eigenvalue weighted by Gasteiger charge is -2.14. The third kappa shape index (κ3) is 4.39. The van der Waals surface area contributed by atoms with E-state index in [0.717, 1.165) is 0 Å². The van der Waals surface area contributed by atoms with Crippen molar-refractivity contribution in [3.8, 4) is 6.07 Å². The lowest BCUT2D eigenvalue weighted by molar-refractivity contribution is -0.117. The van der Waals surface area contributed by atoms with Crippen LogP contribution in [0.15, 0.2) is 40.2 Å². The third-order valence-electron chi connectivity index (χ3n) is 2.94. The lowest BCUT2D eigenvalue weighted by Crippen LogP contribution is -2.48. The van der Waals surface area contributed by atoms with Crippen molar-refractivity contribution in [1.82, 2.24) is 10.9 Å². The summed E-state index contributed by atoms with van der Waals surface area (Å²) < 4.78 is 0.661. The molecule has 0 aliphatic carbocycles. The topological polar surface area (TPSA) is 94.0 Å². The highest BCUT2D eigenvalue weighted by Gasteiger charge is 2.17. The normalized spacial score (nSPS) is 11.3. The highest BCUT2D eigenvalue weighted by molar-refractivity contribution is 9.10. The van der Waals surface area contributed by atoms with Gasteiger partial charge >= 0.3 is 0 Å². The quantitative estimate of drug-likeness (QED) is 0.681. The van der Waals surface area contributed by atoms with Gasteiger partial charge in [-0.25, -0.2) is 5.43 Å². The number of amides is 2. The summed E-state index contributed by atoms with van der Waals surface area (Å²) in [5.41, 5.74) is 6.00. The van der Waals surface area contributed by atoms with E-state index in [2.05, 4.69) is 32.1 Å². The molecule has 2 rings (SSSR count). The molecular weight excluding hydrogens is 380 g/mol. The lowest BCUT2D eigenvalue weighted by atomic mass is 10.2. The van der Waals surface area contributed by atoms with E-state index in [0.29, 0.717) is 20.6 Å². The van der Waals surface area contributed by atoms with Crippen molar-refractivity contribution < 1.29 is 9.59 Å². The van der Waals surface area contributed by atoms with Crippen LogP contribution in [0.4, 0.5) is 5.00 Å². The van der Waals surface area contributed by atoms with E-state index >= 15 is 0 Å². The second kappa shape index (κ2) is 7.87. The zero-order chi connectivity index (χ0) is 16.8. The molecule has 8 heteroatoms. The van der Waals surface area contributed by atoms with Crippen molar-refractivity contribution in [2.24, 2.45) is 0 Å². The molecule has 1 atom stereocenters. The van der Waals surface area contributed by atoms with Gasteiger partial charge in [-0.2, -0.15) is 5.26 Å². The average Bonchev–Trinajstić information content (AvgIpc) is 2.99. The minimum absolute atomic E-state index is 0.351. The summed E-state index contributed by atoms with van der Waals surface area (Å²) in [5.74, 6) is -0.706. The fraction of sp³-hybridized carbons (Fsp3) is 0.133. The van der Waals surface area contributed by atoms with Crippen molar-refractivity contribution in [1.29, 1.82) is 5.26 Å². The average molecular weight is 393 g/mol. The molecule has 1 aromatic carbocycles. The first-order chi connectivity index (χ1) is 11.0. The predicted octanol–water partition coefficient (Wildman–Crippen LogP) is 2.64. The zero-order valence-electron chi connectivity index (χ0n) is 12.1. The van der Waals surface area contributed by atoms with Crippen molar-refractivity contribution in [3.05, 3.63) is 51.3 Å². The second-order valence-electron chi connectivity index (χ2n) is 4.56. The van der Waals surface area contributed by atoms with Gasteiger partial charge in [-0.05, 0) is 46.4 Å². The smallest absolute Gasteiger partial charge is 0.266 e. The van der Waals surface area contributed by atoms with Crippen LogP contribution >= 0.6 is 27.3 Å². The largest absolute Gasteiger partial charge is 0.315 e. The Hall–Kier alpha value is -2.21. The van der Waals surface area contributed by atoms with Gasteiger partial charge in [0.05, 0.1) is 11.1 Å². The van der Waals surface area contributed by atoms with Crippen molar-refractivity contribution in [2.45, 2.75) is 13.0 Å². The van der Waals surface area contributed by atoms with E-state index in [-0.39, 0.29) is 11.8 Å². The van der Waals surface area contributed by atoms with Gasteiger partial charge in [-0.3, -0.25) is 15.0 Å². The van der Waals surface area contributed by atoms with E-state index in [9.17, 15) is 9.59 Å². The number of benzene rings is 1. The van der Waals surface area contributed by atoms with Gasteiger partial charge in [0.25, 0.3) is 5.91 Å². The van der Waals surface area contributed by atoms with Crippen LogP contribution in [0.2, 0.25) is 0 Å². The Morgan fingerprint density at radius 2 is 2.04 bits per heavy atom. The summed E-state index contributed by atoms with van der Waals surface area (Å²) in [4.78, 5) is 24.1. The van der Waals surface area contributed by atoms with Crippen LogP contribution in [0, 0.1) is 11.3 Å². The van der Waals surface area contributed by atoms with E-state index in [4.69, 9.17) is 5.26 Å². The minimum atomic E-state index is -0.671. The summed E-state index contributed by atoms with van der Waals surface area (Å²) in [6.07, 6.45) is 0. The Balaban J connectivity index is 1.91. The molecule has 0 spiro atoms. The molecule has 0 bridgehead atoms. The molecule has 2 amide bonds. The molecule has 0 unspecified atom stereocenters. The Morgan fingerprint density at radius 3 is 2.74 bits per heavy atom. The number of carbonyl (C=O) groups is 2. The first-order valence-corrected chi connectivity index (χ1v) is 8.29. The maximum absolute atomic E-state index is 12.1. The Bertz CT molecular complexity index is 769. The molecule has 1 aromatic heterocycles. The van der Waals surface area contributed by atoms with E-state index in [1.54, 1.807) is 42.6 Å². The Labute approximate surface area is 145 Å². The number of rotatable bonds is 5. The number of anilines is 1. The van der Waals surface area contributed by atoms with Gasteiger partial charge < -0.3 is 5.32 Å². The number of thiophene rings is 1. The van der Waals surface area contributed by atoms with Crippen LogP contribution in [-0.2, 0) is 4.79 Å². The number of carbonyl (C=O) groups excluding carboxylic acids is 2. The number of hydrogen-bond acceptors (Lipinski definition) is 5. The molecule has 6 nitrogen and oxygen atoms in total. The first-order valence-electron chi connectivity index (χ1n) is 6.61. The molecule has 0 aliphatic heterocycles. The number of nitrogens with one attached hydrogen (secondary N) is 3. The summed E-state index contributed by atoms with van der Waals surface area (Å²) in [6, 6.07) is 9.93. The molecule has 0 saturated heterocycles. The van der Waals surface area contributed by atoms with Crippen molar-refractivity contribution >= 4 is 44.1 Å². The van der Waals surface area contributed by atoms with Crippen molar-refractivity contribution in [2.75, 3.05) is 5.32 Å². The minimum Gasteiger partial charge on any atom is -0.315 e. The van der Waals surface area contributed by atoms with Crippen molar-refractivity contribution in [3.63, 3.8) is 0 Å². The van der Waals surface area contributed by atoms with Gasteiger partial charge in [0.15, 0.2) is 0 Å². The molecule has 118 valence electrons. The number of hydrogen-bond donors (Lipinski definition) is 3. The summed E-state index contributed by atoms with van der Waals surface area (Å²) in [6.45, 7) is 1.61. The molecule has 2 aromatic rings.